The van der Waals surface area contributed by atoms with E-state index in [2.05, 4.69) is 32.2 Å². The Morgan fingerprint density at radius 1 is 1.69 bits per heavy atom. The van der Waals surface area contributed by atoms with Crippen LogP contribution < -0.4 is 5.32 Å². The summed E-state index contributed by atoms with van der Waals surface area (Å²) in [5.41, 5.74) is -0.227. The van der Waals surface area contributed by atoms with Crippen LogP contribution in [0, 0.1) is 17.2 Å². The highest BCUT2D eigenvalue weighted by Crippen LogP contribution is 2.35. The molecule has 0 aromatic heterocycles. The summed E-state index contributed by atoms with van der Waals surface area (Å²) in [7, 11) is 0. The molecule has 0 amide bonds. The van der Waals surface area contributed by atoms with Crippen LogP contribution in [0.4, 0.5) is 0 Å². The molecule has 3 unspecified atom stereocenters. The molecule has 1 fully saturated rings. The molecule has 1 aliphatic carbocycles. The smallest absolute Gasteiger partial charge is 0.109 e. The van der Waals surface area contributed by atoms with Crippen molar-refractivity contribution in [3.63, 3.8) is 0 Å². The van der Waals surface area contributed by atoms with E-state index in [0.29, 0.717) is 12.0 Å². The van der Waals surface area contributed by atoms with E-state index in [4.69, 9.17) is 0 Å². The van der Waals surface area contributed by atoms with E-state index in [1.165, 1.54) is 12.8 Å². The largest absolute Gasteiger partial charge is 0.297 e. The van der Waals surface area contributed by atoms with Gasteiger partial charge in [-0.25, -0.2) is 0 Å². The van der Waals surface area contributed by atoms with Gasteiger partial charge in [0.2, 0.25) is 0 Å². The zero-order valence-electron chi connectivity index (χ0n) is 8.93. The molecule has 1 rings (SSSR count). The third-order valence-electron chi connectivity index (χ3n) is 3.37. The summed E-state index contributed by atoms with van der Waals surface area (Å²) in [5.74, 6) is 0.506. The normalized spacial score (nSPS) is 35.7. The van der Waals surface area contributed by atoms with Gasteiger partial charge in [0.15, 0.2) is 0 Å². The van der Waals surface area contributed by atoms with Gasteiger partial charge in [-0.05, 0) is 32.1 Å². The minimum absolute atomic E-state index is 0.227. The lowest BCUT2D eigenvalue weighted by molar-refractivity contribution is 0.300. The second kappa shape index (κ2) is 4.11. The Morgan fingerprint density at radius 2 is 2.38 bits per heavy atom. The molecule has 0 saturated heterocycles. The van der Waals surface area contributed by atoms with Gasteiger partial charge in [0, 0.05) is 6.04 Å². The molecule has 0 aliphatic heterocycles. The van der Waals surface area contributed by atoms with E-state index in [0.717, 1.165) is 12.8 Å². The second-order valence-corrected chi connectivity index (χ2v) is 4.33. The Bertz CT molecular complexity index is 207. The Hall–Kier alpha value is -0.550. The number of nitrogens with zero attached hydrogens (tertiary/aromatic N) is 1. The molecule has 74 valence electrons. The lowest BCUT2D eigenvalue weighted by atomic mass is 9.89. The van der Waals surface area contributed by atoms with Crippen LogP contribution in [0.2, 0.25) is 0 Å². The van der Waals surface area contributed by atoms with Crippen LogP contribution in [0.3, 0.4) is 0 Å². The summed E-state index contributed by atoms with van der Waals surface area (Å²) in [4.78, 5) is 0. The van der Waals surface area contributed by atoms with Crippen molar-refractivity contribution >= 4 is 0 Å². The SMILES string of the molecule is CCC(C)NC1(C#N)CCCC1C. The highest BCUT2D eigenvalue weighted by atomic mass is 15.0. The standard InChI is InChI=1S/C11H20N2/c1-4-10(3)13-11(8-12)7-5-6-9(11)2/h9-10,13H,4-7H2,1-3H3. The summed E-state index contributed by atoms with van der Waals surface area (Å²) >= 11 is 0. The van der Waals surface area contributed by atoms with E-state index in [1.54, 1.807) is 0 Å². The molecule has 0 radical (unpaired) electrons. The summed E-state index contributed by atoms with van der Waals surface area (Å²) in [5, 5.41) is 12.7. The first-order chi connectivity index (χ1) is 6.14. The highest BCUT2D eigenvalue weighted by Gasteiger charge is 2.40. The minimum Gasteiger partial charge on any atom is -0.297 e. The highest BCUT2D eigenvalue weighted by molar-refractivity contribution is 5.13. The molecule has 1 saturated carbocycles. The van der Waals surface area contributed by atoms with Crippen molar-refractivity contribution in [3.05, 3.63) is 0 Å². The molecule has 13 heavy (non-hydrogen) atoms. The maximum atomic E-state index is 9.22. The van der Waals surface area contributed by atoms with Crippen molar-refractivity contribution < 1.29 is 0 Å². The maximum absolute atomic E-state index is 9.22. The fourth-order valence-electron chi connectivity index (χ4n) is 2.13. The molecule has 2 heteroatoms. The van der Waals surface area contributed by atoms with Crippen molar-refractivity contribution in [2.45, 2.75) is 58.0 Å². The summed E-state index contributed by atoms with van der Waals surface area (Å²) < 4.78 is 0. The third kappa shape index (κ3) is 2.03. The summed E-state index contributed by atoms with van der Waals surface area (Å²) in [6, 6.07) is 2.94. The van der Waals surface area contributed by atoms with Crippen molar-refractivity contribution in [2.24, 2.45) is 5.92 Å². The molecular weight excluding hydrogens is 160 g/mol. The van der Waals surface area contributed by atoms with E-state index >= 15 is 0 Å². The molecule has 0 heterocycles. The Balaban J connectivity index is 2.65. The van der Waals surface area contributed by atoms with Crippen molar-refractivity contribution in [1.82, 2.24) is 5.32 Å². The van der Waals surface area contributed by atoms with Crippen molar-refractivity contribution in [2.75, 3.05) is 0 Å². The van der Waals surface area contributed by atoms with E-state index in [-0.39, 0.29) is 5.54 Å². The lowest BCUT2D eigenvalue weighted by Crippen LogP contribution is -2.50. The molecule has 0 spiro atoms. The van der Waals surface area contributed by atoms with Crippen molar-refractivity contribution in [1.29, 1.82) is 5.26 Å². The van der Waals surface area contributed by atoms with Crippen LogP contribution >= 0.6 is 0 Å². The molecule has 1 N–H and O–H groups in total. The monoisotopic (exact) mass is 180 g/mol. The Morgan fingerprint density at radius 3 is 2.77 bits per heavy atom. The minimum atomic E-state index is -0.227. The molecule has 0 aromatic carbocycles. The van der Waals surface area contributed by atoms with Crippen LogP contribution in [-0.4, -0.2) is 11.6 Å². The van der Waals surface area contributed by atoms with Crippen LogP contribution in [0.25, 0.3) is 0 Å². The first kappa shape index (κ1) is 10.5. The number of nitriles is 1. The van der Waals surface area contributed by atoms with Gasteiger partial charge >= 0.3 is 0 Å². The quantitative estimate of drug-likeness (QED) is 0.724. The van der Waals surface area contributed by atoms with E-state index in [1.807, 2.05) is 0 Å². The van der Waals surface area contributed by atoms with Crippen LogP contribution in [-0.2, 0) is 0 Å². The van der Waals surface area contributed by atoms with Gasteiger partial charge < -0.3 is 0 Å². The third-order valence-corrected chi connectivity index (χ3v) is 3.37. The van der Waals surface area contributed by atoms with E-state index < -0.39 is 0 Å². The molecule has 2 nitrogen and oxygen atoms in total. The predicted octanol–water partition coefficient (Wildman–Crippen LogP) is 2.46. The Labute approximate surface area is 81.3 Å². The van der Waals surface area contributed by atoms with Gasteiger partial charge in [0.25, 0.3) is 0 Å². The van der Waals surface area contributed by atoms with Gasteiger partial charge in [0.1, 0.15) is 5.54 Å². The molecular formula is C11H20N2. The van der Waals surface area contributed by atoms with Crippen LogP contribution in [0.5, 0.6) is 0 Å². The average Bonchev–Trinajstić information content (AvgIpc) is 2.48. The summed E-state index contributed by atoms with van der Waals surface area (Å²) in [6.07, 6.45) is 4.50. The zero-order valence-corrected chi connectivity index (χ0v) is 8.93. The molecule has 0 bridgehead atoms. The van der Waals surface area contributed by atoms with Crippen LogP contribution in [0.1, 0.15) is 46.5 Å². The topological polar surface area (TPSA) is 35.8 Å². The number of hydrogen-bond donors (Lipinski definition) is 1. The van der Waals surface area contributed by atoms with Gasteiger partial charge in [-0.2, -0.15) is 5.26 Å². The number of hydrogen-bond acceptors (Lipinski definition) is 2. The Kier molecular flexibility index (Phi) is 3.33. The van der Waals surface area contributed by atoms with Crippen LogP contribution in [0.15, 0.2) is 0 Å². The van der Waals surface area contributed by atoms with Gasteiger partial charge in [-0.3, -0.25) is 5.32 Å². The second-order valence-electron chi connectivity index (χ2n) is 4.33. The van der Waals surface area contributed by atoms with Gasteiger partial charge in [-0.1, -0.05) is 20.3 Å². The van der Waals surface area contributed by atoms with Crippen molar-refractivity contribution in [3.8, 4) is 6.07 Å². The lowest BCUT2D eigenvalue weighted by Gasteiger charge is -2.30. The van der Waals surface area contributed by atoms with Gasteiger partial charge in [-0.15, -0.1) is 0 Å². The first-order valence-electron chi connectivity index (χ1n) is 5.33. The fourth-order valence-corrected chi connectivity index (χ4v) is 2.13. The zero-order chi connectivity index (χ0) is 9.90. The van der Waals surface area contributed by atoms with E-state index in [9.17, 15) is 5.26 Å². The van der Waals surface area contributed by atoms with Gasteiger partial charge in [0.05, 0.1) is 6.07 Å². The maximum Gasteiger partial charge on any atom is 0.109 e. The first-order valence-corrected chi connectivity index (χ1v) is 5.33. The molecule has 3 atom stereocenters. The number of nitrogens with one attached hydrogen (secondary N) is 1. The predicted molar refractivity (Wildman–Crippen MR) is 54.2 cm³/mol. The average molecular weight is 180 g/mol. The molecule has 0 aromatic rings. The number of rotatable bonds is 3. The molecule has 1 aliphatic rings. The summed E-state index contributed by atoms with van der Waals surface area (Å²) in [6.45, 7) is 6.50. The fraction of sp³-hybridized carbons (Fsp3) is 0.909.